The Kier molecular flexibility index (Phi) is 6.98. The van der Waals surface area contributed by atoms with Gasteiger partial charge in [-0.2, -0.15) is 5.26 Å². The molecule has 15 heavy (non-hydrogen) atoms. The molecule has 0 rings (SSSR count). The molecule has 0 aliphatic rings. The van der Waals surface area contributed by atoms with Crippen LogP contribution in [0.25, 0.3) is 0 Å². The first kappa shape index (κ1) is 13.4. The number of rotatable bonds is 6. The smallest absolute Gasteiger partial charge is 0.307 e. The quantitative estimate of drug-likeness (QED) is 0.654. The minimum atomic E-state index is -0.632. The number of ether oxygens (including phenoxy) is 1. The molecule has 1 amide bonds. The highest BCUT2D eigenvalue weighted by Gasteiger charge is 2.14. The fourth-order valence-electron chi connectivity index (χ4n) is 0.979. The van der Waals surface area contributed by atoms with Crippen molar-refractivity contribution in [2.45, 2.75) is 26.7 Å². The van der Waals surface area contributed by atoms with E-state index >= 15 is 0 Å². The lowest BCUT2D eigenvalue weighted by Crippen LogP contribution is -2.31. The number of carbonyl (C=O) groups excluding carboxylic acids is 2. The van der Waals surface area contributed by atoms with Gasteiger partial charge >= 0.3 is 5.97 Å². The highest BCUT2D eigenvalue weighted by molar-refractivity contribution is 5.81. The van der Waals surface area contributed by atoms with E-state index in [0.29, 0.717) is 13.0 Å². The summed E-state index contributed by atoms with van der Waals surface area (Å²) < 4.78 is 4.68. The molecular weight excluding hydrogens is 196 g/mol. The fourth-order valence-corrected chi connectivity index (χ4v) is 0.979. The zero-order valence-electron chi connectivity index (χ0n) is 9.08. The minimum Gasteiger partial charge on any atom is -0.466 e. The predicted molar refractivity (Wildman–Crippen MR) is 53.7 cm³/mol. The number of hydrogen-bond donors (Lipinski definition) is 1. The number of nitrogens with zero attached hydrogens (tertiary/aromatic N) is 1. The molecule has 0 aromatic heterocycles. The second-order valence-electron chi connectivity index (χ2n) is 2.94. The first-order valence-electron chi connectivity index (χ1n) is 4.98. The van der Waals surface area contributed by atoms with Gasteiger partial charge in [0.2, 0.25) is 5.91 Å². The maximum atomic E-state index is 11.3. The molecule has 0 saturated heterocycles. The maximum absolute atomic E-state index is 11.3. The van der Waals surface area contributed by atoms with Gasteiger partial charge in [-0.3, -0.25) is 9.59 Å². The SMILES string of the molecule is CCOC(=O)CCNC(=O)C(C#N)CC. The largest absolute Gasteiger partial charge is 0.466 e. The lowest BCUT2D eigenvalue weighted by Gasteiger charge is -2.07. The third-order valence-electron chi connectivity index (χ3n) is 1.81. The summed E-state index contributed by atoms with van der Waals surface area (Å²) in [5.74, 6) is -1.31. The van der Waals surface area contributed by atoms with Crippen LogP contribution in [0.3, 0.4) is 0 Å². The predicted octanol–water partition coefficient (Wildman–Crippen LogP) is 0.606. The lowest BCUT2D eigenvalue weighted by atomic mass is 10.1. The Morgan fingerprint density at radius 2 is 2.13 bits per heavy atom. The molecule has 0 bridgehead atoms. The van der Waals surface area contributed by atoms with E-state index in [1.54, 1.807) is 13.8 Å². The zero-order chi connectivity index (χ0) is 11.7. The molecule has 0 aromatic rings. The highest BCUT2D eigenvalue weighted by Crippen LogP contribution is 1.99. The number of amides is 1. The maximum Gasteiger partial charge on any atom is 0.307 e. The van der Waals surface area contributed by atoms with Crippen LogP contribution in [-0.4, -0.2) is 25.0 Å². The van der Waals surface area contributed by atoms with Crippen molar-refractivity contribution in [3.8, 4) is 6.07 Å². The van der Waals surface area contributed by atoms with Crippen molar-refractivity contribution >= 4 is 11.9 Å². The van der Waals surface area contributed by atoms with Crippen LogP contribution in [0.15, 0.2) is 0 Å². The third-order valence-corrected chi connectivity index (χ3v) is 1.81. The number of nitriles is 1. The Morgan fingerprint density at radius 1 is 1.47 bits per heavy atom. The number of nitrogens with one attached hydrogen (secondary N) is 1. The normalized spacial score (nSPS) is 11.3. The van der Waals surface area contributed by atoms with E-state index in [1.165, 1.54) is 0 Å². The van der Waals surface area contributed by atoms with Crippen molar-refractivity contribution in [3.05, 3.63) is 0 Å². The molecule has 5 nitrogen and oxygen atoms in total. The molecule has 0 aliphatic carbocycles. The molecule has 0 aromatic carbocycles. The summed E-state index contributed by atoms with van der Waals surface area (Å²) in [4.78, 5) is 22.2. The van der Waals surface area contributed by atoms with Crippen molar-refractivity contribution < 1.29 is 14.3 Å². The summed E-state index contributed by atoms with van der Waals surface area (Å²) in [6, 6.07) is 1.89. The molecule has 1 unspecified atom stereocenters. The van der Waals surface area contributed by atoms with Gasteiger partial charge in [0.1, 0.15) is 5.92 Å². The highest BCUT2D eigenvalue weighted by atomic mass is 16.5. The van der Waals surface area contributed by atoms with Gasteiger partial charge in [0.15, 0.2) is 0 Å². The fraction of sp³-hybridized carbons (Fsp3) is 0.700. The average molecular weight is 212 g/mol. The van der Waals surface area contributed by atoms with E-state index in [4.69, 9.17) is 5.26 Å². The molecule has 0 saturated carbocycles. The number of hydrogen-bond acceptors (Lipinski definition) is 4. The van der Waals surface area contributed by atoms with E-state index in [9.17, 15) is 9.59 Å². The summed E-state index contributed by atoms with van der Waals surface area (Å²) in [5, 5.41) is 11.1. The van der Waals surface area contributed by atoms with Crippen LogP contribution < -0.4 is 5.32 Å². The van der Waals surface area contributed by atoms with Crippen molar-refractivity contribution in [1.82, 2.24) is 5.32 Å². The van der Waals surface area contributed by atoms with Gasteiger partial charge in [0.05, 0.1) is 19.1 Å². The van der Waals surface area contributed by atoms with E-state index in [0.717, 1.165) is 0 Å². The zero-order valence-corrected chi connectivity index (χ0v) is 9.08. The second-order valence-corrected chi connectivity index (χ2v) is 2.94. The van der Waals surface area contributed by atoms with Gasteiger partial charge in [-0.15, -0.1) is 0 Å². The van der Waals surface area contributed by atoms with Crippen LogP contribution in [0.5, 0.6) is 0 Å². The summed E-state index contributed by atoms with van der Waals surface area (Å²) in [6.45, 7) is 4.04. The molecule has 0 radical (unpaired) electrons. The Balaban J connectivity index is 3.73. The Hall–Kier alpha value is -1.57. The van der Waals surface area contributed by atoms with Gasteiger partial charge in [-0.25, -0.2) is 0 Å². The van der Waals surface area contributed by atoms with E-state index < -0.39 is 5.92 Å². The number of esters is 1. The van der Waals surface area contributed by atoms with Gasteiger partial charge in [-0.05, 0) is 13.3 Å². The van der Waals surface area contributed by atoms with Crippen LogP contribution in [0.2, 0.25) is 0 Å². The van der Waals surface area contributed by atoms with E-state index in [2.05, 4.69) is 10.1 Å². The molecule has 84 valence electrons. The standard InChI is InChI=1S/C10H16N2O3/c1-3-8(7-11)10(14)12-6-5-9(13)15-4-2/h8H,3-6H2,1-2H3,(H,12,14). The molecule has 1 atom stereocenters. The van der Waals surface area contributed by atoms with Gasteiger partial charge in [0, 0.05) is 6.54 Å². The summed E-state index contributed by atoms with van der Waals surface area (Å²) in [5.41, 5.74) is 0. The van der Waals surface area contributed by atoms with Gasteiger partial charge in [-0.1, -0.05) is 6.92 Å². The van der Waals surface area contributed by atoms with Crippen molar-refractivity contribution in [2.75, 3.05) is 13.2 Å². The van der Waals surface area contributed by atoms with Crippen LogP contribution in [0, 0.1) is 17.2 Å². The van der Waals surface area contributed by atoms with Crippen LogP contribution in [-0.2, 0) is 14.3 Å². The molecular formula is C10H16N2O3. The molecule has 0 heterocycles. The van der Waals surface area contributed by atoms with E-state index in [1.807, 2.05) is 6.07 Å². The molecule has 0 fully saturated rings. The summed E-state index contributed by atoms with van der Waals surface area (Å²) in [6.07, 6.45) is 0.614. The molecule has 0 aliphatic heterocycles. The monoisotopic (exact) mass is 212 g/mol. The van der Waals surface area contributed by atoms with Crippen LogP contribution in [0.1, 0.15) is 26.7 Å². The van der Waals surface area contributed by atoms with Crippen molar-refractivity contribution in [3.63, 3.8) is 0 Å². The van der Waals surface area contributed by atoms with Crippen LogP contribution >= 0.6 is 0 Å². The molecule has 0 spiro atoms. The summed E-state index contributed by atoms with van der Waals surface area (Å²) in [7, 11) is 0. The third kappa shape index (κ3) is 5.68. The lowest BCUT2D eigenvalue weighted by molar-refractivity contribution is -0.143. The first-order valence-corrected chi connectivity index (χ1v) is 4.98. The minimum absolute atomic E-state index is 0.140. The van der Waals surface area contributed by atoms with E-state index in [-0.39, 0.29) is 24.8 Å². The summed E-state index contributed by atoms with van der Waals surface area (Å²) >= 11 is 0. The first-order chi connectivity index (χ1) is 7.15. The second kappa shape index (κ2) is 7.80. The van der Waals surface area contributed by atoms with Crippen LogP contribution in [0.4, 0.5) is 0 Å². The van der Waals surface area contributed by atoms with Gasteiger partial charge in [0.25, 0.3) is 0 Å². The van der Waals surface area contributed by atoms with Crippen molar-refractivity contribution in [2.24, 2.45) is 5.92 Å². The Labute approximate surface area is 89.4 Å². The topological polar surface area (TPSA) is 79.2 Å². The number of carbonyl (C=O) groups is 2. The Morgan fingerprint density at radius 3 is 2.60 bits per heavy atom. The van der Waals surface area contributed by atoms with Gasteiger partial charge < -0.3 is 10.1 Å². The van der Waals surface area contributed by atoms with Crippen molar-refractivity contribution in [1.29, 1.82) is 5.26 Å². The average Bonchev–Trinajstić information content (AvgIpc) is 2.20. The molecule has 5 heteroatoms. The molecule has 1 N–H and O–H groups in total. The Bertz CT molecular complexity index is 258.